The molecule has 0 aliphatic rings. The molecule has 0 atom stereocenters. The summed E-state index contributed by atoms with van der Waals surface area (Å²) in [6.45, 7) is 0. The molecule has 1 heterocycles. The largest absolute Gasteiger partial charge is 0.493 e. The third kappa shape index (κ3) is 3.41. The quantitative estimate of drug-likeness (QED) is 0.788. The van der Waals surface area contributed by atoms with E-state index in [0.717, 1.165) is 10.0 Å². The molecule has 1 aromatic heterocycles. The molecule has 4 nitrogen and oxygen atoms in total. The Hall–Kier alpha value is -2.32. The van der Waals surface area contributed by atoms with Gasteiger partial charge in [0.1, 0.15) is 6.07 Å². The Labute approximate surface area is 131 Å². The molecule has 21 heavy (non-hydrogen) atoms. The minimum absolute atomic E-state index is 0.475. The predicted octanol–water partition coefficient (Wildman–Crippen LogP) is 3.93. The van der Waals surface area contributed by atoms with Crippen LogP contribution < -0.4 is 9.47 Å². The van der Waals surface area contributed by atoms with Gasteiger partial charge in [0.05, 0.1) is 25.5 Å². The van der Waals surface area contributed by atoms with Crippen molar-refractivity contribution in [3.8, 4) is 17.6 Å². The molecule has 0 bridgehead atoms. The van der Waals surface area contributed by atoms with Gasteiger partial charge in [-0.2, -0.15) is 5.26 Å². The van der Waals surface area contributed by atoms with E-state index in [-0.39, 0.29) is 0 Å². The maximum absolute atomic E-state index is 9.33. The van der Waals surface area contributed by atoms with Gasteiger partial charge in [-0.1, -0.05) is 22.0 Å². The van der Waals surface area contributed by atoms with Crippen LogP contribution in [0.5, 0.6) is 11.5 Å². The normalized spacial score (nSPS) is 10.9. The number of nitriles is 1. The zero-order valence-electron chi connectivity index (χ0n) is 11.6. The van der Waals surface area contributed by atoms with Gasteiger partial charge < -0.3 is 9.47 Å². The average Bonchev–Trinajstić information content (AvgIpc) is 2.54. The van der Waals surface area contributed by atoms with E-state index in [2.05, 4.69) is 27.0 Å². The van der Waals surface area contributed by atoms with Crippen LogP contribution in [-0.4, -0.2) is 19.2 Å². The van der Waals surface area contributed by atoms with Crippen molar-refractivity contribution >= 4 is 27.6 Å². The van der Waals surface area contributed by atoms with Crippen LogP contribution in [0, 0.1) is 11.3 Å². The zero-order valence-corrected chi connectivity index (χ0v) is 13.2. The first-order valence-electron chi connectivity index (χ1n) is 6.14. The molecular formula is C16H13BrN2O2. The van der Waals surface area contributed by atoms with Gasteiger partial charge in [-0.05, 0) is 35.9 Å². The van der Waals surface area contributed by atoms with Crippen molar-refractivity contribution < 1.29 is 9.47 Å². The Kier molecular flexibility index (Phi) is 4.96. The van der Waals surface area contributed by atoms with E-state index in [1.165, 1.54) is 0 Å². The highest BCUT2D eigenvalue weighted by atomic mass is 79.9. The van der Waals surface area contributed by atoms with E-state index in [1.54, 1.807) is 38.6 Å². The van der Waals surface area contributed by atoms with Crippen LogP contribution in [0.1, 0.15) is 11.3 Å². The van der Waals surface area contributed by atoms with E-state index >= 15 is 0 Å². The van der Waals surface area contributed by atoms with Crippen molar-refractivity contribution in [2.75, 3.05) is 14.2 Å². The summed E-state index contributed by atoms with van der Waals surface area (Å²) < 4.78 is 11.3. The summed E-state index contributed by atoms with van der Waals surface area (Å²) in [6.07, 6.45) is 3.42. The molecule has 0 unspecified atom stereocenters. The second-order valence-corrected chi connectivity index (χ2v) is 4.97. The van der Waals surface area contributed by atoms with Gasteiger partial charge in [-0.15, -0.1) is 0 Å². The second kappa shape index (κ2) is 6.91. The van der Waals surface area contributed by atoms with E-state index < -0.39 is 0 Å². The number of hydrogen-bond acceptors (Lipinski definition) is 4. The fraction of sp³-hybridized carbons (Fsp3) is 0.125. The Morgan fingerprint density at radius 3 is 2.52 bits per heavy atom. The highest BCUT2D eigenvalue weighted by Gasteiger charge is 2.10. The van der Waals surface area contributed by atoms with E-state index in [4.69, 9.17) is 9.47 Å². The number of pyridine rings is 1. The number of allylic oxidation sites excluding steroid dienone is 1. The summed E-state index contributed by atoms with van der Waals surface area (Å²) >= 11 is 3.47. The zero-order chi connectivity index (χ0) is 15.2. The minimum Gasteiger partial charge on any atom is -0.493 e. The maximum atomic E-state index is 9.33. The first-order chi connectivity index (χ1) is 10.2. The third-order valence-electron chi connectivity index (χ3n) is 2.86. The van der Waals surface area contributed by atoms with Crippen molar-refractivity contribution in [2.24, 2.45) is 0 Å². The topological polar surface area (TPSA) is 55.1 Å². The number of ether oxygens (including phenoxy) is 2. The average molecular weight is 345 g/mol. The van der Waals surface area contributed by atoms with Crippen molar-refractivity contribution in [1.82, 2.24) is 4.98 Å². The van der Waals surface area contributed by atoms with Crippen molar-refractivity contribution in [1.29, 1.82) is 5.26 Å². The second-order valence-electron chi connectivity index (χ2n) is 4.11. The maximum Gasteiger partial charge on any atom is 0.161 e. The lowest BCUT2D eigenvalue weighted by molar-refractivity contribution is 0.354. The molecule has 0 saturated heterocycles. The molecule has 0 fully saturated rings. The molecule has 0 saturated carbocycles. The Bertz CT molecular complexity index is 706. The summed E-state index contributed by atoms with van der Waals surface area (Å²) in [4.78, 5) is 4.19. The number of hydrogen-bond donors (Lipinski definition) is 0. The summed E-state index contributed by atoms with van der Waals surface area (Å²) in [6, 6.07) is 11.2. The monoisotopic (exact) mass is 344 g/mol. The van der Waals surface area contributed by atoms with Crippen LogP contribution in [-0.2, 0) is 0 Å². The van der Waals surface area contributed by atoms with Gasteiger partial charge in [0.15, 0.2) is 11.5 Å². The van der Waals surface area contributed by atoms with E-state index in [9.17, 15) is 5.26 Å². The molecule has 1 aromatic carbocycles. The van der Waals surface area contributed by atoms with Crippen LogP contribution in [0.25, 0.3) is 11.6 Å². The molecular weight excluding hydrogens is 332 g/mol. The van der Waals surface area contributed by atoms with E-state index in [0.29, 0.717) is 22.8 Å². The Morgan fingerprint density at radius 2 is 1.95 bits per heavy atom. The lowest BCUT2D eigenvalue weighted by Crippen LogP contribution is -1.92. The number of halogens is 1. The molecule has 0 aliphatic heterocycles. The first kappa shape index (κ1) is 15.1. The highest BCUT2D eigenvalue weighted by Crippen LogP contribution is 2.34. The van der Waals surface area contributed by atoms with Crippen LogP contribution >= 0.6 is 15.9 Å². The first-order valence-corrected chi connectivity index (χ1v) is 6.93. The van der Waals surface area contributed by atoms with Gasteiger partial charge in [-0.3, -0.25) is 4.98 Å². The summed E-state index contributed by atoms with van der Waals surface area (Å²) in [7, 11) is 3.15. The van der Waals surface area contributed by atoms with Crippen molar-refractivity contribution in [3.63, 3.8) is 0 Å². The number of nitrogens with zero attached hydrogens (tertiary/aromatic N) is 2. The molecule has 106 valence electrons. The van der Waals surface area contributed by atoms with Crippen molar-refractivity contribution in [2.45, 2.75) is 0 Å². The van der Waals surface area contributed by atoms with Crippen molar-refractivity contribution in [3.05, 3.63) is 52.3 Å². The number of aromatic nitrogens is 1. The summed E-state index contributed by atoms with van der Waals surface area (Å²) in [5, 5.41) is 9.33. The fourth-order valence-corrected chi connectivity index (χ4v) is 2.26. The van der Waals surface area contributed by atoms with Crippen LogP contribution in [0.2, 0.25) is 0 Å². The van der Waals surface area contributed by atoms with Gasteiger partial charge in [-0.25, -0.2) is 0 Å². The molecule has 0 amide bonds. The molecule has 0 radical (unpaired) electrons. The predicted molar refractivity (Wildman–Crippen MR) is 85.0 cm³/mol. The molecule has 0 aliphatic carbocycles. The lowest BCUT2D eigenvalue weighted by Gasteiger charge is -2.10. The minimum atomic E-state index is 0.475. The van der Waals surface area contributed by atoms with Gasteiger partial charge in [0.25, 0.3) is 0 Å². The number of benzene rings is 1. The molecule has 2 rings (SSSR count). The highest BCUT2D eigenvalue weighted by molar-refractivity contribution is 9.10. The SMILES string of the molecule is COc1cc(Br)c(/C=C(\C#N)c2ccccn2)cc1OC. The smallest absolute Gasteiger partial charge is 0.161 e. The van der Waals surface area contributed by atoms with E-state index in [1.807, 2.05) is 18.2 Å². The van der Waals surface area contributed by atoms with Gasteiger partial charge in [0.2, 0.25) is 0 Å². The fourth-order valence-electron chi connectivity index (χ4n) is 1.82. The van der Waals surface area contributed by atoms with Gasteiger partial charge in [0, 0.05) is 10.7 Å². The molecule has 2 aromatic rings. The summed E-state index contributed by atoms with van der Waals surface area (Å²) in [5.74, 6) is 1.23. The number of methoxy groups -OCH3 is 2. The lowest BCUT2D eigenvalue weighted by atomic mass is 10.1. The van der Waals surface area contributed by atoms with Crippen LogP contribution in [0.4, 0.5) is 0 Å². The molecule has 0 spiro atoms. The Morgan fingerprint density at radius 1 is 1.24 bits per heavy atom. The van der Waals surface area contributed by atoms with Crippen LogP contribution in [0.15, 0.2) is 41.0 Å². The third-order valence-corrected chi connectivity index (χ3v) is 3.55. The Balaban J connectivity index is 2.51. The molecule has 0 N–H and O–H groups in total. The van der Waals surface area contributed by atoms with Crippen LogP contribution in [0.3, 0.4) is 0 Å². The summed E-state index contributed by atoms with van der Waals surface area (Å²) in [5.41, 5.74) is 1.92. The standard InChI is InChI=1S/C16H13BrN2O2/c1-20-15-8-11(13(17)9-16(15)21-2)7-12(10-18)14-5-3-4-6-19-14/h3-9H,1-2H3/b12-7+. The number of rotatable bonds is 4. The molecule has 5 heteroatoms. The van der Waals surface area contributed by atoms with Gasteiger partial charge >= 0.3 is 0 Å².